The predicted molar refractivity (Wildman–Crippen MR) is 92.9 cm³/mol. The normalized spacial score (nSPS) is 13.2. The van der Waals surface area contributed by atoms with Gasteiger partial charge in [-0.3, -0.25) is 0 Å². The maximum absolute atomic E-state index is 14.3. The fourth-order valence-corrected chi connectivity index (χ4v) is 3.40. The van der Waals surface area contributed by atoms with Crippen LogP contribution in [0, 0.1) is 0 Å². The molecule has 3 aromatic rings. The molecular weight excluding hydrogens is 450 g/mol. The summed E-state index contributed by atoms with van der Waals surface area (Å²) in [6, 6.07) is 2.25. The van der Waals surface area contributed by atoms with Gasteiger partial charge in [0.05, 0.1) is 16.2 Å². The van der Waals surface area contributed by atoms with Gasteiger partial charge in [0.15, 0.2) is 0 Å². The second-order valence-electron chi connectivity index (χ2n) is 6.18. The monoisotopic (exact) mass is 459 g/mol. The summed E-state index contributed by atoms with van der Waals surface area (Å²) in [6.45, 7) is 0. The summed E-state index contributed by atoms with van der Waals surface area (Å²) in [6.07, 6.45) is -6.19. The minimum absolute atomic E-state index is 0.189. The van der Waals surface area contributed by atoms with E-state index in [-0.39, 0.29) is 17.8 Å². The molecule has 29 heavy (non-hydrogen) atoms. The fraction of sp³-hybridized carbons (Fsp3) is 0.235. The van der Waals surface area contributed by atoms with Crippen LogP contribution in [-0.4, -0.2) is 26.7 Å². The Labute approximate surface area is 169 Å². The van der Waals surface area contributed by atoms with Gasteiger partial charge in [0, 0.05) is 42.3 Å². The lowest BCUT2D eigenvalue weighted by atomic mass is 9.94. The van der Waals surface area contributed by atoms with E-state index >= 15 is 0 Å². The van der Waals surface area contributed by atoms with Gasteiger partial charge in [-0.2, -0.15) is 31.4 Å². The van der Waals surface area contributed by atoms with E-state index < -0.39 is 33.6 Å². The van der Waals surface area contributed by atoms with Gasteiger partial charge < -0.3 is 4.57 Å². The first kappa shape index (κ1) is 21.5. The third-order valence-electron chi connectivity index (χ3n) is 4.17. The second-order valence-corrected chi connectivity index (χ2v) is 7.00. The van der Waals surface area contributed by atoms with E-state index in [1.807, 2.05) is 0 Å². The molecule has 0 saturated heterocycles. The molecule has 2 aromatic heterocycles. The third kappa shape index (κ3) is 3.59. The van der Waals surface area contributed by atoms with Crippen molar-refractivity contribution < 1.29 is 30.7 Å². The van der Waals surface area contributed by atoms with Gasteiger partial charge in [-0.05, 0) is 18.2 Å². The molecule has 0 radical (unpaired) electrons. The summed E-state index contributed by atoms with van der Waals surface area (Å²) >= 11 is 11.8. The quantitative estimate of drug-likeness (QED) is 0.411. The Morgan fingerprint density at radius 1 is 0.862 bits per heavy atom. The van der Waals surface area contributed by atoms with E-state index in [9.17, 15) is 30.7 Å². The molecule has 0 bridgehead atoms. The summed E-state index contributed by atoms with van der Waals surface area (Å²) in [5, 5.41) is 2.72. The van der Waals surface area contributed by atoms with E-state index in [0.717, 1.165) is 10.2 Å². The van der Waals surface area contributed by atoms with Gasteiger partial charge in [-0.1, -0.05) is 23.2 Å². The molecule has 0 aliphatic rings. The molecule has 0 aliphatic heterocycles. The summed E-state index contributed by atoms with van der Waals surface area (Å²) in [5.41, 5.74) is -6.25. The molecule has 0 amide bonds. The van der Waals surface area contributed by atoms with Crippen molar-refractivity contribution in [2.45, 2.75) is 18.0 Å². The molecule has 0 atom stereocenters. The molecule has 12 heteroatoms. The number of aromatic nitrogens is 3. The van der Waals surface area contributed by atoms with Crippen molar-refractivity contribution in [2.24, 2.45) is 7.05 Å². The van der Waals surface area contributed by atoms with E-state index in [2.05, 4.69) is 5.10 Å². The molecule has 0 fully saturated rings. The molecule has 2 heterocycles. The molecule has 0 unspecified atom stereocenters. The average molecular weight is 460 g/mol. The van der Waals surface area contributed by atoms with Crippen LogP contribution in [0.1, 0.15) is 5.56 Å². The van der Waals surface area contributed by atoms with Crippen molar-refractivity contribution >= 4 is 23.2 Å². The average Bonchev–Trinajstić information content (AvgIpc) is 3.20. The number of hydrogen-bond acceptors (Lipinski definition) is 1. The zero-order chi connectivity index (χ0) is 21.8. The highest BCUT2D eigenvalue weighted by Crippen LogP contribution is 2.54. The van der Waals surface area contributed by atoms with Crippen molar-refractivity contribution in [3.05, 3.63) is 58.6 Å². The van der Waals surface area contributed by atoms with Crippen LogP contribution in [0.2, 0.25) is 10.0 Å². The molecule has 1 aromatic carbocycles. The predicted octanol–water partition coefficient (Wildman–Crippen LogP) is 6.47. The third-order valence-corrected chi connectivity index (χ3v) is 4.75. The molecule has 0 N–H and O–H groups in total. The summed E-state index contributed by atoms with van der Waals surface area (Å²) in [7, 11) is 1.78. The van der Waals surface area contributed by atoms with Crippen LogP contribution in [0.25, 0.3) is 16.8 Å². The van der Waals surface area contributed by atoms with Crippen LogP contribution in [-0.2, 0) is 12.7 Å². The minimum atomic E-state index is -6.27. The molecule has 156 valence electrons. The van der Waals surface area contributed by atoms with E-state index in [1.165, 1.54) is 12.4 Å². The molecule has 0 spiro atoms. The van der Waals surface area contributed by atoms with Crippen LogP contribution in [0.3, 0.4) is 0 Å². The summed E-state index contributed by atoms with van der Waals surface area (Å²) < 4.78 is 94.9. The van der Waals surface area contributed by atoms with Gasteiger partial charge in [0.2, 0.25) is 0 Å². The lowest BCUT2D eigenvalue weighted by molar-refractivity contribution is -0.348. The number of rotatable bonds is 3. The first-order chi connectivity index (χ1) is 13.3. The van der Waals surface area contributed by atoms with Crippen molar-refractivity contribution in [2.75, 3.05) is 0 Å². The van der Waals surface area contributed by atoms with Gasteiger partial charge in [-0.25, -0.2) is 9.07 Å². The van der Waals surface area contributed by atoms with Gasteiger partial charge in [0.1, 0.15) is 5.69 Å². The van der Waals surface area contributed by atoms with Crippen LogP contribution in [0.5, 0.6) is 0 Å². The topological polar surface area (TPSA) is 22.8 Å². The highest BCUT2D eigenvalue weighted by atomic mass is 35.5. The maximum atomic E-state index is 14.3. The van der Waals surface area contributed by atoms with Crippen molar-refractivity contribution in [3.8, 4) is 16.8 Å². The Balaban J connectivity index is 2.10. The molecule has 3 rings (SSSR count). The van der Waals surface area contributed by atoms with Crippen molar-refractivity contribution in [1.82, 2.24) is 14.3 Å². The molecule has 0 saturated carbocycles. The van der Waals surface area contributed by atoms with Crippen LogP contribution < -0.4 is 0 Å². The number of nitrogens with zero attached hydrogens (tertiary/aromatic N) is 3. The van der Waals surface area contributed by atoms with Crippen molar-refractivity contribution in [3.63, 3.8) is 0 Å². The van der Waals surface area contributed by atoms with E-state index in [0.29, 0.717) is 5.56 Å². The summed E-state index contributed by atoms with van der Waals surface area (Å²) in [4.78, 5) is 0. The van der Waals surface area contributed by atoms with Crippen LogP contribution in [0.15, 0.2) is 43.0 Å². The van der Waals surface area contributed by atoms with Gasteiger partial charge >= 0.3 is 18.0 Å². The second kappa shape index (κ2) is 6.94. The van der Waals surface area contributed by atoms with E-state index in [1.54, 1.807) is 30.1 Å². The molecular formula is C17H10Cl2F7N3. The van der Waals surface area contributed by atoms with Crippen LogP contribution in [0.4, 0.5) is 30.7 Å². The number of alkyl halides is 7. The van der Waals surface area contributed by atoms with Crippen molar-refractivity contribution in [1.29, 1.82) is 0 Å². The Morgan fingerprint density at radius 2 is 1.41 bits per heavy atom. The fourth-order valence-electron chi connectivity index (χ4n) is 2.74. The Morgan fingerprint density at radius 3 is 1.86 bits per heavy atom. The minimum Gasteiger partial charge on any atom is -0.357 e. The number of hydrogen-bond donors (Lipinski definition) is 0. The number of halogens is 9. The zero-order valence-corrected chi connectivity index (χ0v) is 15.8. The Bertz CT molecular complexity index is 1010. The highest BCUT2D eigenvalue weighted by molar-refractivity contribution is 6.37. The lowest BCUT2D eigenvalue weighted by Crippen LogP contribution is -2.50. The zero-order valence-electron chi connectivity index (χ0n) is 14.3. The first-order valence-electron chi connectivity index (χ1n) is 7.75. The summed E-state index contributed by atoms with van der Waals surface area (Å²) in [5.74, 6) is 0. The Kier molecular flexibility index (Phi) is 5.15. The van der Waals surface area contributed by atoms with Gasteiger partial charge in [-0.15, -0.1) is 0 Å². The SMILES string of the molecule is Cn1ccc(-c2cnn(-c3c(Cl)cc(C(F)(C(F)(F)F)C(F)(F)F)cc3Cl)c2)c1. The Hall–Kier alpha value is -2.20. The standard InChI is InChI=1S/C17H10Cl2F7N3/c1-28-3-2-9(7-28)10-6-27-29(8-10)14-12(18)4-11(5-13(14)19)15(20,16(21,22)23)17(24,25)26/h2-8H,1H3. The van der Waals surface area contributed by atoms with Crippen LogP contribution >= 0.6 is 23.2 Å². The highest BCUT2D eigenvalue weighted by Gasteiger charge is 2.73. The van der Waals surface area contributed by atoms with E-state index in [4.69, 9.17) is 23.2 Å². The number of aryl methyl sites for hydroxylation is 1. The maximum Gasteiger partial charge on any atom is 0.435 e. The van der Waals surface area contributed by atoms with Gasteiger partial charge in [0.25, 0.3) is 0 Å². The first-order valence-corrected chi connectivity index (χ1v) is 8.50. The smallest absolute Gasteiger partial charge is 0.357 e. The number of benzene rings is 1. The molecule has 0 aliphatic carbocycles. The largest absolute Gasteiger partial charge is 0.435 e. The molecule has 3 nitrogen and oxygen atoms in total. The lowest BCUT2D eigenvalue weighted by Gasteiger charge is -2.30.